The van der Waals surface area contributed by atoms with Gasteiger partial charge in [0.05, 0.1) is 19.1 Å². The molecule has 0 saturated carbocycles. The fraction of sp³-hybridized carbons (Fsp3) is 0.350. The summed E-state index contributed by atoms with van der Waals surface area (Å²) in [5.41, 5.74) is 0.782. The van der Waals surface area contributed by atoms with Gasteiger partial charge >= 0.3 is 6.09 Å². The molecule has 1 amide bonds. The summed E-state index contributed by atoms with van der Waals surface area (Å²) in [5, 5.41) is 13.6. The number of carbonyl (C=O) groups is 1. The Kier molecular flexibility index (Phi) is 6.11. The summed E-state index contributed by atoms with van der Waals surface area (Å²) in [6.45, 7) is -0.142. The topological polar surface area (TPSA) is 114 Å². The van der Waals surface area contributed by atoms with Crippen LogP contribution in [0.3, 0.4) is 0 Å². The number of amides is 1. The zero-order chi connectivity index (χ0) is 21.1. The fourth-order valence-corrected chi connectivity index (χ4v) is 4.52. The molecule has 0 spiro atoms. The van der Waals surface area contributed by atoms with Gasteiger partial charge < -0.3 is 14.6 Å². The van der Waals surface area contributed by atoms with E-state index in [1.54, 1.807) is 19.2 Å². The van der Waals surface area contributed by atoms with E-state index in [0.717, 1.165) is 18.4 Å². The van der Waals surface area contributed by atoms with Gasteiger partial charge in [-0.05, 0) is 66.8 Å². The maximum absolute atomic E-state index is 12.7. The third kappa shape index (κ3) is 4.69. The van der Waals surface area contributed by atoms with E-state index in [-0.39, 0.29) is 11.4 Å². The van der Waals surface area contributed by atoms with Crippen molar-refractivity contribution in [3.05, 3.63) is 53.6 Å². The minimum atomic E-state index is -3.84. The first kappa shape index (κ1) is 21.1. The molecular weight excluding hydrogens is 396 g/mol. The van der Waals surface area contributed by atoms with Crippen molar-refractivity contribution in [2.45, 2.75) is 29.8 Å². The van der Waals surface area contributed by atoms with Crippen LogP contribution in [0, 0.1) is 0 Å². The summed E-state index contributed by atoms with van der Waals surface area (Å²) < 4.78 is 37.6. The third-order valence-electron chi connectivity index (χ3n) is 5.00. The van der Waals surface area contributed by atoms with Gasteiger partial charge in [-0.1, -0.05) is 6.07 Å². The molecule has 1 atom stereocenters. The number of aliphatic hydroxyl groups is 1. The van der Waals surface area contributed by atoms with E-state index < -0.39 is 21.7 Å². The predicted molar refractivity (Wildman–Crippen MR) is 107 cm³/mol. The maximum Gasteiger partial charge on any atom is 0.411 e. The highest BCUT2D eigenvalue weighted by Gasteiger charge is 2.35. The van der Waals surface area contributed by atoms with Crippen molar-refractivity contribution >= 4 is 21.8 Å². The zero-order valence-corrected chi connectivity index (χ0v) is 17.1. The summed E-state index contributed by atoms with van der Waals surface area (Å²) in [7, 11) is -1.02. The number of ether oxygens (including phenoxy) is 2. The lowest BCUT2D eigenvalue weighted by atomic mass is 9.79. The SMILES string of the molecule is COC(=O)Nc1ccc(S(=O)(=O)NCC2(O)CCCc3cc(OC)ccc32)cc1. The van der Waals surface area contributed by atoms with Crippen molar-refractivity contribution in [2.75, 3.05) is 26.1 Å². The quantitative estimate of drug-likeness (QED) is 0.661. The van der Waals surface area contributed by atoms with Crippen LogP contribution < -0.4 is 14.8 Å². The van der Waals surface area contributed by atoms with Crippen LogP contribution in [-0.2, 0) is 26.8 Å². The molecule has 0 heterocycles. The molecule has 0 fully saturated rings. The number of sulfonamides is 1. The summed E-state index contributed by atoms with van der Waals surface area (Å²) in [6, 6.07) is 11.1. The molecule has 29 heavy (non-hydrogen) atoms. The Bertz CT molecular complexity index is 991. The summed E-state index contributed by atoms with van der Waals surface area (Å²) in [5.74, 6) is 0.703. The predicted octanol–water partition coefficient (Wildman–Crippen LogP) is 2.38. The zero-order valence-electron chi connectivity index (χ0n) is 16.3. The van der Waals surface area contributed by atoms with Crippen molar-refractivity contribution in [2.24, 2.45) is 0 Å². The molecule has 3 rings (SSSR count). The number of carbonyl (C=O) groups excluding carboxylic acids is 1. The Hall–Kier alpha value is -2.62. The lowest BCUT2D eigenvalue weighted by molar-refractivity contribution is 0.0242. The number of methoxy groups -OCH3 is 2. The lowest BCUT2D eigenvalue weighted by Gasteiger charge is -2.34. The Labute approximate surface area is 169 Å². The normalized spacial score (nSPS) is 18.6. The van der Waals surface area contributed by atoms with Crippen LogP contribution in [0.5, 0.6) is 5.75 Å². The molecule has 1 unspecified atom stereocenters. The maximum atomic E-state index is 12.7. The van der Waals surface area contributed by atoms with E-state index in [1.165, 1.54) is 31.4 Å². The van der Waals surface area contributed by atoms with Gasteiger partial charge in [0.15, 0.2) is 0 Å². The molecule has 156 valence electrons. The van der Waals surface area contributed by atoms with Crippen LogP contribution in [0.15, 0.2) is 47.4 Å². The van der Waals surface area contributed by atoms with Gasteiger partial charge in [0.2, 0.25) is 10.0 Å². The van der Waals surface area contributed by atoms with E-state index in [4.69, 9.17) is 4.74 Å². The standard InChI is InChI=1S/C20H24N2O6S/c1-27-16-7-10-18-14(12-16)4-3-11-20(18,24)13-21-29(25,26)17-8-5-15(6-9-17)22-19(23)28-2/h5-10,12,21,24H,3-4,11,13H2,1-2H3,(H,22,23). The van der Waals surface area contributed by atoms with Crippen LogP contribution in [0.4, 0.5) is 10.5 Å². The summed E-state index contributed by atoms with van der Waals surface area (Å²) in [4.78, 5) is 11.2. The van der Waals surface area contributed by atoms with Crippen molar-refractivity contribution in [1.82, 2.24) is 4.72 Å². The molecule has 0 saturated heterocycles. The average molecular weight is 420 g/mol. The summed E-state index contributed by atoms with van der Waals surface area (Å²) in [6.07, 6.45) is 1.35. The van der Waals surface area contributed by atoms with Crippen LogP contribution in [0.2, 0.25) is 0 Å². The monoisotopic (exact) mass is 420 g/mol. The molecule has 0 bridgehead atoms. The van der Waals surface area contributed by atoms with Crippen molar-refractivity contribution < 1.29 is 27.8 Å². The molecule has 8 nitrogen and oxygen atoms in total. The fourth-order valence-electron chi connectivity index (χ4n) is 3.43. The number of hydrogen-bond acceptors (Lipinski definition) is 6. The van der Waals surface area contributed by atoms with Gasteiger partial charge in [-0.2, -0.15) is 0 Å². The number of benzene rings is 2. The smallest absolute Gasteiger partial charge is 0.411 e. The minimum Gasteiger partial charge on any atom is -0.497 e. The highest BCUT2D eigenvalue weighted by molar-refractivity contribution is 7.89. The molecule has 0 aromatic heterocycles. The lowest BCUT2D eigenvalue weighted by Crippen LogP contribution is -2.42. The second kappa shape index (κ2) is 8.40. The van der Waals surface area contributed by atoms with Crippen molar-refractivity contribution in [3.63, 3.8) is 0 Å². The number of nitrogens with one attached hydrogen (secondary N) is 2. The second-order valence-corrected chi connectivity index (χ2v) is 8.64. The molecule has 2 aromatic rings. The van der Waals surface area contributed by atoms with Gasteiger partial charge in [0.1, 0.15) is 11.4 Å². The van der Waals surface area contributed by atoms with E-state index >= 15 is 0 Å². The molecule has 0 aliphatic heterocycles. The minimum absolute atomic E-state index is 0.0299. The van der Waals surface area contributed by atoms with Crippen LogP contribution >= 0.6 is 0 Å². The first-order chi connectivity index (χ1) is 13.8. The number of fused-ring (bicyclic) bond motifs is 1. The largest absolute Gasteiger partial charge is 0.497 e. The number of rotatable bonds is 6. The van der Waals surface area contributed by atoms with Gasteiger partial charge in [0, 0.05) is 12.2 Å². The van der Waals surface area contributed by atoms with Crippen LogP contribution in [-0.4, -0.2) is 40.4 Å². The van der Waals surface area contributed by atoms with E-state index in [1.807, 2.05) is 6.07 Å². The second-order valence-electron chi connectivity index (χ2n) is 6.87. The number of aryl methyl sites for hydroxylation is 1. The number of anilines is 1. The average Bonchev–Trinajstić information content (AvgIpc) is 2.72. The van der Waals surface area contributed by atoms with Crippen LogP contribution in [0.1, 0.15) is 24.0 Å². The molecule has 1 aliphatic carbocycles. The van der Waals surface area contributed by atoms with Gasteiger partial charge in [-0.3, -0.25) is 5.32 Å². The Morgan fingerprint density at radius 2 is 1.90 bits per heavy atom. The molecule has 0 radical (unpaired) electrons. The third-order valence-corrected chi connectivity index (χ3v) is 6.42. The van der Waals surface area contributed by atoms with Gasteiger partial charge in [-0.25, -0.2) is 17.9 Å². The molecule has 2 aromatic carbocycles. The van der Waals surface area contributed by atoms with Crippen molar-refractivity contribution in [3.8, 4) is 5.75 Å². The highest BCUT2D eigenvalue weighted by atomic mass is 32.2. The first-order valence-corrected chi connectivity index (χ1v) is 10.6. The Balaban J connectivity index is 1.74. The van der Waals surface area contributed by atoms with Crippen LogP contribution in [0.25, 0.3) is 0 Å². The Morgan fingerprint density at radius 3 is 2.55 bits per heavy atom. The van der Waals surface area contributed by atoms with Gasteiger partial charge in [0.25, 0.3) is 0 Å². The number of hydrogen-bond donors (Lipinski definition) is 3. The molecule has 1 aliphatic rings. The van der Waals surface area contributed by atoms with Crippen molar-refractivity contribution in [1.29, 1.82) is 0 Å². The molecule has 9 heteroatoms. The van der Waals surface area contributed by atoms with E-state index in [2.05, 4.69) is 14.8 Å². The Morgan fingerprint density at radius 1 is 1.17 bits per heavy atom. The molecular formula is C20H24N2O6S. The van der Waals surface area contributed by atoms with E-state index in [9.17, 15) is 18.3 Å². The molecule has 3 N–H and O–H groups in total. The highest BCUT2D eigenvalue weighted by Crippen LogP contribution is 2.36. The summed E-state index contributed by atoms with van der Waals surface area (Å²) >= 11 is 0. The first-order valence-electron chi connectivity index (χ1n) is 9.12. The van der Waals surface area contributed by atoms with Gasteiger partial charge in [-0.15, -0.1) is 0 Å². The van der Waals surface area contributed by atoms with E-state index in [0.29, 0.717) is 23.4 Å².